The third-order valence-corrected chi connectivity index (χ3v) is 2.72. The highest BCUT2D eigenvalue weighted by Crippen LogP contribution is 2.12. The third kappa shape index (κ3) is 2.95. The van der Waals surface area contributed by atoms with E-state index >= 15 is 0 Å². The first-order valence-corrected chi connectivity index (χ1v) is 7.93. The van der Waals surface area contributed by atoms with E-state index in [9.17, 15) is 4.79 Å². The third-order valence-electron chi connectivity index (χ3n) is 1.72. The summed E-state index contributed by atoms with van der Waals surface area (Å²) < 4.78 is 5.27. The number of hydrogen-bond donors (Lipinski definition) is 1. The highest BCUT2D eigenvalue weighted by molar-refractivity contribution is 6.75. The largest absolute Gasteiger partial charge is 0.380 e. The maximum atomic E-state index is 11.5. The van der Waals surface area contributed by atoms with Gasteiger partial charge in [-0.2, -0.15) is 0 Å². The van der Waals surface area contributed by atoms with Crippen molar-refractivity contribution in [1.29, 1.82) is 0 Å². The summed E-state index contributed by atoms with van der Waals surface area (Å²) >= 11 is 0. The lowest BCUT2D eigenvalue weighted by Crippen LogP contribution is -2.49. The van der Waals surface area contributed by atoms with Gasteiger partial charge in [-0.15, -0.1) is 0 Å². The molecule has 1 unspecified atom stereocenters. The van der Waals surface area contributed by atoms with Gasteiger partial charge in [0.25, 0.3) is 0 Å². The Kier molecular flexibility index (Phi) is 2.90. The molecule has 3 nitrogen and oxygen atoms in total. The molecule has 1 heterocycles. The molecule has 12 heavy (non-hydrogen) atoms. The Bertz CT molecular complexity index is 170. The van der Waals surface area contributed by atoms with E-state index in [1.165, 1.54) is 0 Å². The molecular weight excluding hydrogens is 170 g/mol. The van der Waals surface area contributed by atoms with E-state index < -0.39 is 8.24 Å². The van der Waals surface area contributed by atoms with Crippen molar-refractivity contribution >= 4 is 14.1 Å². The van der Waals surface area contributed by atoms with Gasteiger partial charge in [0.2, 0.25) is 5.91 Å². The lowest BCUT2D eigenvalue weighted by Gasteiger charge is -2.20. The molecule has 1 fully saturated rings. The Morgan fingerprint density at radius 2 is 2.17 bits per heavy atom. The second-order valence-corrected chi connectivity index (χ2v) is 8.99. The molecule has 1 aliphatic rings. The van der Waals surface area contributed by atoms with Crippen LogP contribution in [0.2, 0.25) is 19.6 Å². The molecule has 1 aliphatic heterocycles. The van der Waals surface area contributed by atoms with Gasteiger partial charge in [0.1, 0.15) is 14.3 Å². The maximum absolute atomic E-state index is 11.5. The van der Waals surface area contributed by atoms with E-state index in [-0.39, 0.29) is 12.0 Å². The molecule has 1 atom stereocenters. The number of nitrogens with one attached hydrogen (secondary N) is 1. The van der Waals surface area contributed by atoms with Gasteiger partial charge < -0.3 is 9.72 Å². The Labute approximate surface area is 74.6 Å². The van der Waals surface area contributed by atoms with Crippen molar-refractivity contribution in [3.63, 3.8) is 0 Å². The van der Waals surface area contributed by atoms with Crippen molar-refractivity contribution in [3.05, 3.63) is 0 Å². The predicted octanol–water partition coefficient (Wildman–Crippen LogP) is 1.12. The Morgan fingerprint density at radius 1 is 1.50 bits per heavy atom. The van der Waals surface area contributed by atoms with Gasteiger partial charge in [-0.3, -0.25) is 4.79 Å². The van der Waals surface area contributed by atoms with Crippen LogP contribution in [0.3, 0.4) is 0 Å². The first-order chi connectivity index (χ1) is 5.49. The second-order valence-electron chi connectivity index (χ2n) is 4.24. The van der Waals surface area contributed by atoms with Gasteiger partial charge in [0, 0.05) is 6.61 Å². The lowest BCUT2D eigenvalue weighted by molar-refractivity contribution is -0.128. The molecule has 0 aromatic heterocycles. The fraction of sp³-hybridized carbons (Fsp3) is 0.875. The number of ether oxygens (including phenoxy) is 1. The van der Waals surface area contributed by atoms with Gasteiger partial charge in [0.05, 0.1) is 0 Å². The van der Waals surface area contributed by atoms with Gasteiger partial charge in [-0.25, -0.2) is 0 Å². The molecule has 0 saturated carbocycles. The molecule has 0 aromatic carbocycles. The molecular formula is C8H17NO2Si. The summed E-state index contributed by atoms with van der Waals surface area (Å²) in [6.45, 7) is 7.07. The molecule has 1 saturated heterocycles. The van der Waals surface area contributed by atoms with Crippen LogP contribution in [0.4, 0.5) is 0 Å². The Morgan fingerprint density at radius 3 is 2.58 bits per heavy atom. The van der Waals surface area contributed by atoms with Gasteiger partial charge in [0.15, 0.2) is 0 Å². The summed E-state index contributed by atoms with van der Waals surface area (Å²) in [5.74, 6) is 0.0895. The fourth-order valence-corrected chi connectivity index (χ4v) is 2.13. The van der Waals surface area contributed by atoms with Crippen molar-refractivity contribution in [1.82, 2.24) is 4.98 Å². The highest BCUT2D eigenvalue weighted by atomic mass is 28.3. The van der Waals surface area contributed by atoms with Crippen molar-refractivity contribution in [2.24, 2.45) is 0 Å². The summed E-state index contributed by atoms with van der Waals surface area (Å²) in [5, 5.41) is 0. The van der Waals surface area contributed by atoms with E-state index in [4.69, 9.17) is 4.74 Å². The minimum Gasteiger partial charge on any atom is -0.380 e. The van der Waals surface area contributed by atoms with Crippen LogP contribution in [0.1, 0.15) is 12.8 Å². The van der Waals surface area contributed by atoms with E-state index in [2.05, 4.69) is 24.6 Å². The average Bonchev–Trinajstić information content (AvgIpc) is 2.32. The summed E-state index contributed by atoms with van der Waals surface area (Å²) in [5.41, 5.74) is 0. The molecule has 1 amide bonds. The quantitative estimate of drug-likeness (QED) is 0.658. The summed E-state index contributed by atoms with van der Waals surface area (Å²) in [6, 6.07) is 0. The Balaban J connectivity index is 2.37. The van der Waals surface area contributed by atoms with Crippen LogP contribution in [-0.4, -0.2) is 26.9 Å². The zero-order chi connectivity index (χ0) is 9.19. The number of carbonyl (C=O) groups is 1. The van der Waals surface area contributed by atoms with Crippen LogP contribution >= 0.6 is 0 Å². The first kappa shape index (κ1) is 9.73. The number of hydrogen-bond acceptors (Lipinski definition) is 2. The predicted molar refractivity (Wildman–Crippen MR) is 50.5 cm³/mol. The monoisotopic (exact) mass is 187 g/mol. The molecule has 0 spiro atoms. The summed E-state index contributed by atoms with van der Waals surface area (Å²) in [6.07, 6.45) is 1.73. The zero-order valence-corrected chi connectivity index (χ0v) is 9.02. The number of carbonyl (C=O) groups excluding carboxylic acids is 1. The minimum atomic E-state index is -1.47. The number of amides is 1. The second kappa shape index (κ2) is 3.58. The smallest absolute Gasteiger partial charge is 0.241 e. The fourth-order valence-electron chi connectivity index (χ4n) is 1.23. The van der Waals surface area contributed by atoms with Crippen molar-refractivity contribution in [2.45, 2.75) is 38.6 Å². The minimum absolute atomic E-state index is 0.0895. The molecule has 4 heteroatoms. The molecule has 0 radical (unpaired) electrons. The van der Waals surface area contributed by atoms with Crippen LogP contribution in [0.15, 0.2) is 0 Å². The molecule has 1 rings (SSSR count). The first-order valence-electron chi connectivity index (χ1n) is 4.43. The summed E-state index contributed by atoms with van der Waals surface area (Å²) in [4.78, 5) is 14.5. The van der Waals surface area contributed by atoms with Gasteiger partial charge in [-0.05, 0) is 12.8 Å². The van der Waals surface area contributed by atoms with Gasteiger partial charge >= 0.3 is 0 Å². The molecule has 1 N–H and O–H groups in total. The number of rotatable bonds is 2. The maximum Gasteiger partial charge on any atom is 0.241 e. The Hall–Kier alpha value is -0.353. The average molecular weight is 187 g/mol. The van der Waals surface area contributed by atoms with Crippen LogP contribution in [0.5, 0.6) is 0 Å². The SMILES string of the molecule is C[Si](C)(C)NC(=O)C1CCCO1. The van der Waals surface area contributed by atoms with Crippen LogP contribution in [0, 0.1) is 0 Å². The lowest BCUT2D eigenvalue weighted by atomic mass is 10.2. The van der Waals surface area contributed by atoms with Crippen LogP contribution < -0.4 is 4.98 Å². The highest BCUT2D eigenvalue weighted by Gasteiger charge is 2.27. The topological polar surface area (TPSA) is 38.3 Å². The zero-order valence-electron chi connectivity index (χ0n) is 8.02. The van der Waals surface area contributed by atoms with Crippen LogP contribution in [-0.2, 0) is 9.53 Å². The van der Waals surface area contributed by atoms with E-state index in [1.807, 2.05) is 0 Å². The van der Waals surface area contributed by atoms with Crippen molar-refractivity contribution in [2.75, 3.05) is 6.61 Å². The van der Waals surface area contributed by atoms with E-state index in [1.54, 1.807) is 0 Å². The van der Waals surface area contributed by atoms with Crippen LogP contribution in [0.25, 0.3) is 0 Å². The van der Waals surface area contributed by atoms with Crippen molar-refractivity contribution < 1.29 is 9.53 Å². The van der Waals surface area contributed by atoms with Gasteiger partial charge in [-0.1, -0.05) is 19.6 Å². The standard InChI is InChI=1S/C8H17NO2Si/c1-12(2,3)9-8(10)7-5-4-6-11-7/h7H,4-6H2,1-3H3,(H,9,10). The molecule has 70 valence electrons. The molecule has 0 aliphatic carbocycles. The summed E-state index contributed by atoms with van der Waals surface area (Å²) in [7, 11) is -1.47. The molecule has 0 aromatic rings. The normalized spacial score (nSPS) is 24.1. The van der Waals surface area contributed by atoms with E-state index in [0.29, 0.717) is 0 Å². The van der Waals surface area contributed by atoms with E-state index in [0.717, 1.165) is 19.4 Å². The van der Waals surface area contributed by atoms with Crippen molar-refractivity contribution in [3.8, 4) is 0 Å². The molecule has 0 bridgehead atoms.